The van der Waals surface area contributed by atoms with Crippen LogP contribution in [-0.2, 0) is 32.0 Å². The van der Waals surface area contributed by atoms with Crippen molar-refractivity contribution in [1.29, 1.82) is 0 Å². The number of rotatable bonds is 5. The third-order valence-corrected chi connectivity index (χ3v) is 3.17. The molecule has 1 aliphatic rings. The molecule has 0 aliphatic heterocycles. The van der Waals surface area contributed by atoms with Crippen LogP contribution in [0.4, 0.5) is 0 Å². The van der Waals surface area contributed by atoms with Gasteiger partial charge in [-0.15, -0.1) is 0 Å². The van der Waals surface area contributed by atoms with E-state index < -0.39 is 24.4 Å². The number of nitrogens with one attached hydrogen (secondary N) is 2. The van der Waals surface area contributed by atoms with E-state index in [9.17, 15) is 14.4 Å². The molecule has 1 aliphatic carbocycles. The van der Waals surface area contributed by atoms with Crippen molar-refractivity contribution in [2.24, 2.45) is 0 Å². The lowest BCUT2D eigenvalue weighted by Gasteiger charge is -2.09. The van der Waals surface area contributed by atoms with Crippen molar-refractivity contribution in [3.63, 3.8) is 0 Å². The zero-order valence-electron chi connectivity index (χ0n) is 12.3. The van der Waals surface area contributed by atoms with Gasteiger partial charge in [-0.3, -0.25) is 20.4 Å². The van der Waals surface area contributed by atoms with Crippen LogP contribution in [0, 0.1) is 0 Å². The molecule has 0 atom stereocenters. The molecular formula is C15H18N2O5. The van der Waals surface area contributed by atoms with Gasteiger partial charge in [-0.25, -0.2) is 4.79 Å². The van der Waals surface area contributed by atoms with E-state index in [0.29, 0.717) is 5.75 Å². The van der Waals surface area contributed by atoms with E-state index in [1.54, 1.807) is 0 Å². The monoisotopic (exact) mass is 306 g/mol. The van der Waals surface area contributed by atoms with Gasteiger partial charge >= 0.3 is 5.97 Å². The molecule has 0 saturated carbocycles. The van der Waals surface area contributed by atoms with E-state index in [4.69, 9.17) is 9.47 Å². The van der Waals surface area contributed by atoms with E-state index in [0.717, 1.165) is 19.3 Å². The molecule has 2 rings (SSSR count). The summed E-state index contributed by atoms with van der Waals surface area (Å²) in [5.74, 6) is -1.08. The van der Waals surface area contributed by atoms with Crippen LogP contribution in [-0.4, -0.2) is 31.0 Å². The van der Waals surface area contributed by atoms with Crippen molar-refractivity contribution in [3.8, 4) is 5.75 Å². The average molecular weight is 306 g/mol. The molecule has 7 nitrogen and oxygen atoms in total. The molecule has 2 N–H and O–H groups in total. The lowest BCUT2D eigenvalue weighted by atomic mass is 10.1. The van der Waals surface area contributed by atoms with E-state index >= 15 is 0 Å². The number of fused-ring (bicyclic) bond motifs is 1. The fraction of sp³-hybridized carbons (Fsp3) is 0.400. The molecule has 0 bridgehead atoms. The largest absolute Gasteiger partial charge is 0.482 e. The summed E-state index contributed by atoms with van der Waals surface area (Å²) in [5.41, 5.74) is 6.75. The molecule has 0 heterocycles. The Bertz CT molecular complexity index is 585. The summed E-state index contributed by atoms with van der Waals surface area (Å²) in [7, 11) is 0. The quantitative estimate of drug-likeness (QED) is 0.601. The second-order valence-corrected chi connectivity index (χ2v) is 4.96. The van der Waals surface area contributed by atoms with Crippen LogP contribution in [0.2, 0.25) is 0 Å². The number of hydrazine groups is 1. The molecule has 0 saturated heterocycles. The molecule has 0 spiro atoms. The van der Waals surface area contributed by atoms with Gasteiger partial charge < -0.3 is 9.47 Å². The van der Waals surface area contributed by atoms with Gasteiger partial charge in [0.05, 0.1) is 0 Å². The van der Waals surface area contributed by atoms with Crippen molar-refractivity contribution < 1.29 is 23.9 Å². The van der Waals surface area contributed by atoms with Crippen LogP contribution < -0.4 is 15.6 Å². The second kappa shape index (κ2) is 7.44. The van der Waals surface area contributed by atoms with Crippen molar-refractivity contribution in [3.05, 3.63) is 29.3 Å². The zero-order valence-corrected chi connectivity index (χ0v) is 12.3. The van der Waals surface area contributed by atoms with Gasteiger partial charge in [0.1, 0.15) is 5.75 Å². The summed E-state index contributed by atoms with van der Waals surface area (Å²) < 4.78 is 10.1. The molecule has 22 heavy (non-hydrogen) atoms. The van der Waals surface area contributed by atoms with Crippen molar-refractivity contribution in [2.45, 2.75) is 26.2 Å². The van der Waals surface area contributed by atoms with Gasteiger partial charge in [0.15, 0.2) is 13.2 Å². The van der Waals surface area contributed by atoms with Crippen LogP contribution in [0.25, 0.3) is 0 Å². The van der Waals surface area contributed by atoms with Crippen molar-refractivity contribution in [2.75, 3.05) is 13.2 Å². The lowest BCUT2D eigenvalue weighted by Crippen LogP contribution is -2.42. The topological polar surface area (TPSA) is 93.7 Å². The van der Waals surface area contributed by atoms with Gasteiger partial charge in [0.2, 0.25) is 5.91 Å². The Morgan fingerprint density at radius 1 is 1.09 bits per heavy atom. The molecule has 2 amide bonds. The van der Waals surface area contributed by atoms with Gasteiger partial charge in [-0.05, 0) is 42.5 Å². The number of carbonyl (C=O) groups is 3. The second-order valence-electron chi connectivity index (χ2n) is 4.96. The summed E-state index contributed by atoms with van der Waals surface area (Å²) >= 11 is 0. The SMILES string of the molecule is CC(=O)NNC(=O)COC(=O)COc1ccc2c(c1)CCC2. The standard InChI is InChI=1S/C15H18N2O5/c1-10(18)16-17-14(19)8-22-15(20)9-21-13-6-5-11-3-2-4-12(11)7-13/h5-7H,2-4,8-9H2,1H3,(H,16,18)(H,17,19). The van der Waals surface area contributed by atoms with Crippen LogP contribution in [0.15, 0.2) is 18.2 Å². The minimum absolute atomic E-state index is 0.272. The number of ether oxygens (including phenoxy) is 2. The van der Waals surface area contributed by atoms with Crippen LogP contribution in [0.5, 0.6) is 5.75 Å². The van der Waals surface area contributed by atoms with E-state index in [1.165, 1.54) is 18.1 Å². The zero-order chi connectivity index (χ0) is 15.9. The molecule has 118 valence electrons. The molecular weight excluding hydrogens is 288 g/mol. The molecule has 1 aromatic rings. The number of carbonyl (C=O) groups excluding carboxylic acids is 3. The number of amides is 2. The van der Waals surface area contributed by atoms with Crippen molar-refractivity contribution in [1.82, 2.24) is 10.9 Å². The maximum Gasteiger partial charge on any atom is 0.344 e. The highest BCUT2D eigenvalue weighted by atomic mass is 16.6. The van der Waals surface area contributed by atoms with Crippen LogP contribution in [0.1, 0.15) is 24.5 Å². The summed E-state index contributed by atoms with van der Waals surface area (Å²) in [6, 6.07) is 5.75. The predicted molar refractivity (Wildman–Crippen MR) is 76.9 cm³/mol. The predicted octanol–water partition coefficient (Wildman–Crippen LogP) is 0.265. The first-order chi connectivity index (χ1) is 10.5. The number of esters is 1. The maximum absolute atomic E-state index is 11.5. The highest BCUT2D eigenvalue weighted by Crippen LogP contribution is 2.25. The Kier molecular flexibility index (Phi) is 5.35. The fourth-order valence-corrected chi connectivity index (χ4v) is 2.16. The number of hydrogen-bond acceptors (Lipinski definition) is 5. The number of aryl methyl sites for hydroxylation is 2. The molecule has 0 radical (unpaired) electrons. The summed E-state index contributed by atoms with van der Waals surface area (Å²) in [6.07, 6.45) is 3.26. The van der Waals surface area contributed by atoms with Gasteiger partial charge in [-0.2, -0.15) is 0 Å². The van der Waals surface area contributed by atoms with Crippen molar-refractivity contribution >= 4 is 17.8 Å². The highest BCUT2D eigenvalue weighted by Gasteiger charge is 2.12. The number of hydrogen-bond donors (Lipinski definition) is 2. The first kappa shape index (κ1) is 15.8. The van der Waals surface area contributed by atoms with Crippen LogP contribution in [0.3, 0.4) is 0 Å². The molecule has 1 aromatic carbocycles. The Hall–Kier alpha value is -2.57. The molecule has 0 unspecified atom stereocenters. The van der Waals surface area contributed by atoms with E-state index in [-0.39, 0.29) is 6.61 Å². The normalized spacial score (nSPS) is 12.2. The smallest absolute Gasteiger partial charge is 0.344 e. The van der Waals surface area contributed by atoms with Gasteiger partial charge in [-0.1, -0.05) is 6.07 Å². The summed E-state index contributed by atoms with van der Waals surface area (Å²) in [5, 5.41) is 0. The molecule has 0 aromatic heterocycles. The first-order valence-corrected chi connectivity index (χ1v) is 7.00. The van der Waals surface area contributed by atoms with E-state index in [1.807, 2.05) is 18.2 Å². The third kappa shape index (κ3) is 4.76. The summed E-state index contributed by atoms with van der Waals surface area (Å²) in [6.45, 7) is 0.496. The fourth-order valence-electron chi connectivity index (χ4n) is 2.16. The Labute approximate surface area is 127 Å². The molecule has 0 fully saturated rings. The minimum Gasteiger partial charge on any atom is -0.482 e. The Morgan fingerprint density at radius 3 is 2.64 bits per heavy atom. The van der Waals surface area contributed by atoms with E-state index in [2.05, 4.69) is 10.9 Å². The summed E-state index contributed by atoms with van der Waals surface area (Å²) in [4.78, 5) is 33.3. The first-order valence-electron chi connectivity index (χ1n) is 7.00. The Balaban J connectivity index is 1.69. The number of benzene rings is 1. The molecule has 7 heteroatoms. The van der Waals surface area contributed by atoms with Crippen LogP contribution >= 0.6 is 0 Å². The Morgan fingerprint density at radius 2 is 1.86 bits per heavy atom. The lowest BCUT2D eigenvalue weighted by molar-refractivity contribution is -0.150. The minimum atomic E-state index is -0.654. The maximum atomic E-state index is 11.5. The highest BCUT2D eigenvalue weighted by molar-refractivity contribution is 5.83. The average Bonchev–Trinajstić information content (AvgIpc) is 2.96. The van der Waals surface area contributed by atoms with Gasteiger partial charge in [0, 0.05) is 6.92 Å². The van der Waals surface area contributed by atoms with Gasteiger partial charge in [0.25, 0.3) is 5.91 Å². The third-order valence-electron chi connectivity index (χ3n) is 3.17.